The molecule has 9 heteroatoms. The molecule has 5 nitrogen and oxygen atoms in total. The zero-order valence-corrected chi connectivity index (χ0v) is 19.7. The van der Waals surface area contributed by atoms with Crippen molar-refractivity contribution in [1.29, 1.82) is 0 Å². The molecule has 0 unspecified atom stereocenters. The molecule has 35 heavy (non-hydrogen) atoms. The lowest BCUT2D eigenvalue weighted by molar-refractivity contribution is -0.138. The number of amides is 1. The number of benzene rings is 2. The molecule has 2 heterocycles. The first-order valence-corrected chi connectivity index (χ1v) is 12.2. The zero-order chi connectivity index (χ0) is 24.8. The summed E-state index contributed by atoms with van der Waals surface area (Å²) in [5, 5.41) is 0. The van der Waals surface area contributed by atoms with Gasteiger partial charge in [-0.15, -0.1) is 0 Å². The molecule has 0 aliphatic carbocycles. The summed E-state index contributed by atoms with van der Waals surface area (Å²) in [4.78, 5) is 18.7. The van der Waals surface area contributed by atoms with Crippen molar-refractivity contribution in [1.82, 2.24) is 9.80 Å². The molecule has 2 aromatic carbocycles. The summed E-state index contributed by atoms with van der Waals surface area (Å²) < 4.78 is 59.1. The summed E-state index contributed by atoms with van der Waals surface area (Å²) in [5.74, 6) is -0.949. The van der Waals surface area contributed by atoms with Crippen LogP contribution < -0.4 is 9.64 Å². The number of likely N-dealkylation sites (tertiary alicyclic amines) is 1. The predicted octanol–water partition coefficient (Wildman–Crippen LogP) is 5.06. The van der Waals surface area contributed by atoms with Crippen LogP contribution in [-0.2, 0) is 6.18 Å². The van der Waals surface area contributed by atoms with Gasteiger partial charge in [0.25, 0.3) is 5.91 Å². The van der Waals surface area contributed by atoms with Crippen LogP contribution in [0, 0.1) is 5.82 Å². The fourth-order valence-electron chi connectivity index (χ4n) is 4.69. The Morgan fingerprint density at radius 2 is 1.57 bits per heavy atom. The molecule has 0 radical (unpaired) electrons. The molecular weight excluding hydrogens is 462 g/mol. The third-order valence-corrected chi connectivity index (χ3v) is 6.62. The molecular formula is C26H31F4N3O2. The van der Waals surface area contributed by atoms with E-state index in [0.717, 1.165) is 36.5 Å². The average molecular weight is 494 g/mol. The summed E-state index contributed by atoms with van der Waals surface area (Å²) >= 11 is 0. The van der Waals surface area contributed by atoms with Gasteiger partial charge in [0.2, 0.25) is 0 Å². The van der Waals surface area contributed by atoms with E-state index in [9.17, 15) is 22.4 Å². The number of rotatable bonds is 7. The summed E-state index contributed by atoms with van der Waals surface area (Å²) in [6, 6.07) is 9.93. The number of hydrogen-bond acceptors (Lipinski definition) is 4. The number of hydrogen-bond donors (Lipinski definition) is 0. The molecule has 2 aliphatic rings. The van der Waals surface area contributed by atoms with Gasteiger partial charge in [0.05, 0.1) is 17.7 Å². The van der Waals surface area contributed by atoms with E-state index >= 15 is 0 Å². The second-order valence-corrected chi connectivity index (χ2v) is 9.07. The number of anilines is 1. The lowest BCUT2D eigenvalue weighted by Gasteiger charge is -2.36. The highest BCUT2D eigenvalue weighted by Gasteiger charge is 2.37. The van der Waals surface area contributed by atoms with Crippen LogP contribution in [-0.4, -0.2) is 68.1 Å². The van der Waals surface area contributed by atoms with Crippen molar-refractivity contribution < 1.29 is 27.1 Å². The first-order chi connectivity index (χ1) is 16.8. The number of ether oxygens (including phenoxy) is 1. The maximum absolute atomic E-state index is 13.4. The molecule has 2 saturated heterocycles. The maximum atomic E-state index is 13.4. The second-order valence-electron chi connectivity index (χ2n) is 9.07. The second kappa shape index (κ2) is 11.3. The van der Waals surface area contributed by atoms with Gasteiger partial charge in [0, 0.05) is 38.4 Å². The molecule has 2 aliphatic heterocycles. The van der Waals surface area contributed by atoms with Crippen LogP contribution >= 0.6 is 0 Å². The molecule has 4 rings (SSSR count). The Morgan fingerprint density at radius 3 is 2.23 bits per heavy atom. The lowest BCUT2D eigenvalue weighted by Crippen LogP contribution is -2.49. The van der Waals surface area contributed by atoms with Crippen LogP contribution in [0.3, 0.4) is 0 Å². The number of piperazine rings is 1. The topological polar surface area (TPSA) is 36.0 Å². The summed E-state index contributed by atoms with van der Waals surface area (Å²) in [6.45, 7) is 5.63. The van der Waals surface area contributed by atoms with Gasteiger partial charge >= 0.3 is 6.18 Å². The highest BCUT2D eigenvalue weighted by atomic mass is 19.4. The number of alkyl halides is 3. The van der Waals surface area contributed by atoms with Crippen LogP contribution in [0.25, 0.3) is 0 Å². The molecule has 0 saturated carbocycles. The molecule has 2 aromatic rings. The Labute approximate surface area is 203 Å². The summed E-state index contributed by atoms with van der Waals surface area (Å²) in [6.07, 6.45) is 0.0865. The minimum atomic E-state index is -4.80. The van der Waals surface area contributed by atoms with E-state index in [1.54, 1.807) is 0 Å². The van der Waals surface area contributed by atoms with E-state index < -0.39 is 29.0 Å². The maximum Gasteiger partial charge on any atom is 0.417 e. The Balaban J connectivity index is 1.26. The molecule has 0 spiro atoms. The predicted molar refractivity (Wildman–Crippen MR) is 126 cm³/mol. The standard InChI is InChI=1S/C26H31F4N3O2/c27-20-5-10-23(24(19-20)26(28,29)30)25(34)33-16-14-32(15-17-33)21-6-8-22(9-7-21)35-18-4-13-31-11-2-1-3-12-31/h5-10,19H,1-4,11-18H2. The quantitative estimate of drug-likeness (QED) is 0.399. The van der Waals surface area contributed by atoms with E-state index in [2.05, 4.69) is 9.80 Å². The Morgan fingerprint density at radius 1 is 0.886 bits per heavy atom. The average Bonchev–Trinajstić information content (AvgIpc) is 2.87. The van der Waals surface area contributed by atoms with Gasteiger partial charge in [-0.25, -0.2) is 4.39 Å². The number of piperidine rings is 1. The highest BCUT2D eigenvalue weighted by molar-refractivity contribution is 5.96. The molecule has 0 atom stereocenters. The van der Waals surface area contributed by atoms with Gasteiger partial charge in [-0.05, 0) is 74.8 Å². The van der Waals surface area contributed by atoms with Crippen LogP contribution in [0.15, 0.2) is 42.5 Å². The third-order valence-electron chi connectivity index (χ3n) is 6.62. The Kier molecular flexibility index (Phi) is 8.15. The summed E-state index contributed by atoms with van der Waals surface area (Å²) in [5.41, 5.74) is -0.791. The molecule has 2 fully saturated rings. The van der Waals surface area contributed by atoms with Crippen LogP contribution in [0.1, 0.15) is 41.6 Å². The van der Waals surface area contributed by atoms with E-state index in [1.807, 2.05) is 24.3 Å². The fourth-order valence-corrected chi connectivity index (χ4v) is 4.69. The number of halogens is 4. The van der Waals surface area contributed by atoms with Crippen molar-refractivity contribution >= 4 is 11.6 Å². The SMILES string of the molecule is O=C(c1ccc(F)cc1C(F)(F)F)N1CCN(c2ccc(OCCCN3CCCCC3)cc2)CC1. The first kappa shape index (κ1) is 25.3. The van der Waals surface area contributed by atoms with Gasteiger partial charge in [0.1, 0.15) is 11.6 Å². The minimum absolute atomic E-state index is 0.280. The van der Waals surface area contributed by atoms with Crippen LogP contribution in [0.5, 0.6) is 5.75 Å². The normalized spacial score (nSPS) is 17.5. The lowest BCUT2D eigenvalue weighted by atomic mass is 10.0. The van der Waals surface area contributed by atoms with Crippen molar-refractivity contribution in [3.8, 4) is 5.75 Å². The Hall–Kier alpha value is -2.81. The van der Waals surface area contributed by atoms with E-state index in [1.165, 1.54) is 37.3 Å². The van der Waals surface area contributed by atoms with Crippen molar-refractivity contribution in [3.05, 3.63) is 59.4 Å². The van der Waals surface area contributed by atoms with Crippen LogP contribution in [0.2, 0.25) is 0 Å². The largest absolute Gasteiger partial charge is 0.494 e. The van der Waals surface area contributed by atoms with Gasteiger partial charge in [0.15, 0.2) is 0 Å². The molecule has 0 aromatic heterocycles. The van der Waals surface area contributed by atoms with Crippen molar-refractivity contribution in [2.45, 2.75) is 31.9 Å². The molecule has 190 valence electrons. The number of carbonyl (C=O) groups is 1. The fraction of sp³-hybridized carbons (Fsp3) is 0.500. The van der Waals surface area contributed by atoms with E-state index in [0.29, 0.717) is 25.8 Å². The van der Waals surface area contributed by atoms with E-state index in [4.69, 9.17) is 4.74 Å². The van der Waals surface area contributed by atoms with Crippen LogP contribution in [0.4, 0.5) is 23.2 Å². The number of carbonyl (C=O) groups excluding carboxylic acids is 1. The van der Waals surface area contributed by atoms with Crippen molar-refractivity contribution in [2.75, 3.05) is 57.3 Å². The van der Waals surface area contributed by atoms with Gasteiger partial charge in [-0.3, -0.25) is 4.79 Å². The van der Waals surface area contributed by atoms with Gasteiger partial charge in [-0.2, -0.15) is 13.2 Å². The van der Waals surface area contributed by atoms with Crippen molar-refractivity contribution in [3.63, 3.8) is 0 Å². The zero-order valence-electron chi connectivity index (χ0n) is 19.7. The number of nitrogens with zero attached hydrogens (tertiary/aromatic N) is 3. The monoisotopic (exact) mass is 493 g/mol. The third kappa shape index (κ3) is 6.66. The molecule has 0 N–H and O–H groups in total. The van der Waals surface area contributed by atoms with Gasteiger partial charge in [-0.1, -0.05) is 6.42 Å². The van der Waals surface area contributed by atoms with Crippen molar-refractivity contribution in [2.24, 2.45) is 0 Å². The summed E-state index contributed by atoms with van der Waals surface area (Å²) in [7, 11) is 0. The first-order valence-electron chi connectivity index (χ1n) is 12.2. The van der Waals surface area contributed by atoms with Gasteiger partial charge < -0.3 is 19.4 Å². The molecule has 1 amide bonds. The highest BCUT2D eigenvalue weighted by Crippen LogP contribution is 2.33. The molecule has 0 bridgehead atoms. The van der Waals surface area contributed by atoms with E-state index in [-0.39, 0.29) is 13.1 Å². The Bertz CT molecular complexity index is 983. The smallest absolute Gasteiger partial charge is 0.417 e. The minimum Gasteiger partial charge on any atom is -0.494 e.